The first-order valence-corrected chi connectivity index (χ1v) is 13.6. The van der Waals surface area contributed by atoms with E-state index < -0.39 is 17.8 Å². The van der Waals surface area contributed by atoms with Crippen LogP contribution in [0.15, 0.2) is 103 Å². The maximum atomic E-state index is 14.4. The van der Waals surface area contributed by atoms with Crippen molar-refractivity contribution in [2.75, 3.05) is 0 Å². The minimum absolute atomic E-state index is 0.154. The maximum absolute atomic E-state index is 14.4. The Balaban J connectivity index is 1.42. The Kier molecular flexibility index (Phi) is 7.14. The van der Waals surface area contributed by atoms with Gasteiger partial charge in [-0.25, -0.2) is 9.18 Å². The van der Waals surface area contributed by atoms with Crippen LogP contribution >= 0.6 is 0 Å². The molecule has 6 rings (SSSR count). The summed E-state index contributed by atoms with van der Waals surface area (Å²) in [5.41, 5.74) is 4.05. The third-order valence-electron chi connectivity index (χ3n) is 7.49. The zero-order chi connectivity index (χ0) is 30.1. The number of carbonyl (C=O) groups is 2. The number of carboxylic acid groups (broad SMARTS) is 1. The van der Waals surface area contributed by atoms with Gasteiger partial charge in [-0.05, 0) is 88.5 Å². The summed E-state index contributed by atoms with van der Waals surface area (Å²) in [6.45, 7) is 2.23. The van der Waals surface area contributed by atoms with Gasteiger partial charge in [0.15, 0.2) is 0 Å². The van der Waals surface area contributed by atoms with Crippen molar-refractivity contribution < 1.29 is 19.1 Å². The van der Waals surface area contributed by atoms with Crippen molar-refractivity contribution in [2.45, 2.75) is 19.5 Å². The largest absolute Gasteiger partial charge is 0.478 e. The highest BCUT2D eigenvalue weighted by Crippen LogP contribution is 2.30. The molecule has 0 bridgehead atoms. The molecule has 0 aliphatic carbocycles. The number of nitriles is 1. The third kappa shape index (κ3) is 5.56. The number of aromatic nitrogens is 2. The SMILES string of the molecule is C[C@H](NC(=O)c1cc(-c2cc(F)cc(C#N)c2)cc2cnn(Cc3ccc4ccccc4c3)c12)c1ccc(C(=O)O)cc1. The number of halogens is 1. The number of carboxylic acids is 1. The second kappa shape index (κ2) is 11.2. The van der Waals surface area contributed by atoms with Crippen LogP contribution < -0.4 is 5.32 Å². The Morgan fingerprint density at radius 2 is 1.67 bits per heavy atom. The molecule has 7 nitrogen and oxygen atoms in total. The van der Waals surface area contributed by atoms with E-state index in [9.17, 15) is 24.3 Å². The lowest BCUT2D eigenvalue weighted by molar-refractivity contribution is 0.0696. The van der Waals surface area contributed by atoms with Crippen molar-refractivity contribution >= 4 is 33.6 Å². The Bertz CT molecular complexity index is 2080. The number of hydrogen-bond donors (Lipinski definition) is 2. The highest BCUT2D eigenvalue weighted by atomic mass is 19.1. The van der Waals surface area contributed by atoms with E-state index in [-0.39, 0.29) is 17.0 Å². The molecular weight excluding hydrogens is 543 g/mol. The lowest BCUT2D eigenvalue weighted by Gasteiger charge is -2.17. The lowest BCUT2D eigenvalue weighted by atomic mass is 9.98. The molecule has 5 aromatic carbocycles. The molecule has 0 radical (unpaired) electrons. The van der Waals surface area contributed by atoms with E-state index in [0.717, 1.165) is 28.0 Å². The normalized spacial score (nSPS) is 11.7. The quantitative estimate of drug-likeness (QED) is 0.213. The molecule has 1 heterocycles. The number of nitrogens with zero attached hydrogens (tertiary/aromatic N) is 3. The van der Waals surface area contributed by atoms with Crippen LogP contribution in [0.25, 0.3) is 32.8 Å². The van der Waals surface area contributed by atoms with Gasteiger partial charge in [0.25, 0.3) is 5.91 Å². The van der Waals surface area contributed by atoms with E-state index in [0.29, 0.717) is 34.1 Å². The van der Waals surface area contributed by atoms with E-state index in [1.54, 1.807) is 35.1 Å². The summed E-state index contributed by atoms with van der Waals surface area (Å²) in [6, 6.07) is 29.7. The Morgan fingerprint density at radius 3 is 2.42 bits per heavy atom. The van der Waals surface area contributed by atoms with Gasteiger partial charge in [0.05, 0.1) is 47.1 Å². The molecule has 1 amide bonds. The van der Waals surface area contributed by atoms with Gasteiger partial charge in [-0.1, -0.05) is 48.5 Å². The topological polar surface area (TPSA) is 108 Å². The molecule has 0 spiro atoms. The number of aromatic carboxylic acids is 1. The van der Waals surface area contributed by atoms with Crippen molar-refractivity contribution in [3.8, 4) is 17.2 Å². The van der Waals surface area contributed by atoms with E-state index in [2.05, 4.69) is 22.5 Å². The standard InChI is InChI=1S/C35H25FN4O3/c1-21(24-8-10-26(11-9-24)35(42)43)39-34(41)32-17-29(28-13-23(18-37)14-31(36)16-28)15-30-19-38-40(33(30)32)20-22-6-7-25-4-2-3-5-27(25)12-22/h2-17,19,21H,20H2,1H3,(H,39,41)(H,42,43)/t21-/m0/s1. The molecule has 0 aliphatic rings. The van der Waals surface area contributed by atoms with E-state index in [1.165, 1.54) is 18.2 Å². The van der Waals surface area contributed by atoms with Crippen LogP contribution in [-0.4, -0.2) is 26.8 Å². The summed E-state index contributed by atoms with van der Waals surface area (Å²) in [5, 5.41) is 29.1. The van der Waals surface area contributed by atoms with Crippen molar-refractivity contribution in [2.24, 2.45) is 0 Å². The van der Waals surface area contributed by atoms with Gasteiger partial charge < -0.3 is 10.4 Å². The fourth-order valence-corrected chi connectivity index (χ4v) is 5.30. The number of carbonyl (C=O) groups excluding carboxylic acids is 1. The number of hydrogen-bond acceptors (Lipinski definition) is 4. The number of fused-ring (bicyclic) bond motifs is 2. The molecule has 0 aliphatic heterocycles. The average molecular weight is 569 g/mol. The number of nitrogens with one attached hydrogen (secondary N) is 1. The number of amides is 1. The molecule has 2 N–H and O–H groups in total. The minimum Gasteiger partial charge on any atom is -0.478 e. The molecule has 210 valence electrons. The van der Waals surface area contributed by atoms with Gasteiger partial charge in [0.1, 0.15) is 5.82 Å². The number of benzene rings is 5. The van der Waals surface area contributed by atoms with Gasteiger partial charge >= 0.3 is 5.97 Å². The maximum Gasteiger partial charge on any atom is 0.335 e. The molecule has 1 atom stereocenters. The molecule has 1 aromatic heterocycles. The van der Waals surface area contributed by atoms with E-state index >= 15 is 0 Å². The molecule has 8 heteroatoms. The zero-order valence-corrected chi connectivity index (χ0v) is 23.1. The van der Waals surface area contributed by atoms with Crippen molar-refractivity contribution in [3.05, 3.63) is 137 Å². The summed E-state index contributed by atoms with van der Waals surface area (Å²) in [5.74, 6) is -1.96. The summed E-state index contributed by atoms with van der Waals surface area (Å²) >= 11 is 0. The summed E-state index contributed by atoms with van der Waals surface area (Å²) in [6.07, 6.45) is 1.68. The van der Waals surface area contributed by atoms with Gasteiger partial charge in [0.2, 0.25) is 0 Å². The summed E-state index contributed by atoms with van der Waals surface area (Å²) in [4.78, 5) is 25.2. The molecule has 6 aromatic rings. The van der Waals surface area contributed by atoms with Crippen LogP contribution in [0.2, 0.25) is 0 Å². The lowest BCUT2D eigenvalue weighted by Crippen LogP contribution is -2.27. The molecule has 43 heavy (non-hydrogen) atoms. The molecule has 0 unspecified atom stereocenters. The Labute approximate surface area is 246 Å². The first kappa shape index (κ1) is 27.4. The van der Waals surface area contributed by atoms with Crippen LogP contribution in [0.4, 0.5) is 4.39 Å². The number of rotatable bonds is 7. The predicted molar refractivity (Wildman–Crippen MR) is 162 cm³/mol. The van der Waals surface area contributed by atoms with Crippen LogP contribution in [0.1, 0.15) is 50.4 Å². The fraction of sp³-hybridized carbons (Fsp3) is 0.0857. The van der Waals surface area contributed by atoms with Gasteiger partial charge in [-0.2, -0.15) is 10.4 Å². The average Bonchev–Trinajstić information content (AvgIpc) is 3.42. The summed E-state index contributed by atoms with van der Waals surface area (Å²) in [7, 11) is 0. The fourth-order valence-electron chi connectivity index (χ4n) is 5.30. The zero-order valence-electron chi connectivity index (χ0n) is 23.1. The second-order valence-corrected chi connectivity index (χ2v) is 10.4. The summed E-state index contributed by atoms with van der Waals surface area (Å²) < 4.78 is 16.2. The molecule has 0 saturated carbocycles. The highest BCUT2D eigenvalue weighted by molar-refractivity contribution is 6.07. The highest BCUT2D eigenvalue weighted by Gasteiger charge is 2.20. The Hall–Kier alpha value is -5.81. The van der Waals surface area contributed by atoms with E-state index in [1.807, 2.05) is 49.4 Å². The van der Waals surface area contributed by atoms with Crippen molar-refractivity contribution in [1.29, 1.82) is 5.26 Å². The van der Waals surface area contributed by atoms with Crippen molar-refractivity contribution in [1.82, 2.24) is 15.1 Å². The smallest absolute Gasteiger partial charge is 0.335 e. The Morgan fingerprint density at radius 1 is 0.930 bits per heavy atom. The molecular formula is C35H25FN4O3. The van der Waals surface area contributed by atoms with Gasteiger partial charge in [-0.3, -0.25) is 9.48 Å². The predicted octanol–water partition coefficient (Wildman–Crippen LogP) is 7.10. The molecule has 0 saturated heterocycles. The van der Waals surface area contributed by atoms with Crippen LogP contribution in [0.3, 0.4) is 0 Å². The van der Waals surface area contributed by atoms with E-state index in [4.69, 9.17) is 0 Å². The first-order valence-electron chi connectivity index (χ1n) is 13.6. The molecule has 0 fully saturated rings. The second-order valence-electron chi connectivity index (χ2n) is 10.4. The minimum atomic E-state index is -1.03. The van der Waals surface area contributed by atoms with Crippen LogP contribution in [-0.2, 0) is 6.54 Å². The third-order valence-corrected chi connectivity index (χ3v) is 7.49. The van der Waals surface area contributed by atoms with Crippen LogP contribution in [0, 0.1) is 17.1 Å². The van der Waals surface area contributed by atoms with Crippen LogP contribution in [0.5, 0.6) is 0 Å². The van der Waals surface area contributed by atoms with Crippen molar-refractivity contribution in [3.63, 3.8) is 0 Å². The van der Waals surface area contributed by atoms with Gasteiger partial charge in [0, 0.05) is 5.39 Å². The van der Waals surface area contributed by atoms with Gasteiger partial charge in [-0.15, -0.1) is 0 Å². The monoisotopic (exact) mass is 568 g/mol. The first-order chi connectivity index (χ1) is 20.8.